The number of benzene rings is 2. The quantitative estimate of drug-likeness (QED) is 0.645. The summed E-state index contributed by atoms with van der Waals surface area (Å²) < 4.78 is 46.7. The Morgan fingerprint density at radius 1 is 1.03 bits per heavy atom. The number of halogens is 3. The molecule has 4 heterocycles. The Balaban J connectivity index is 1.32. The zero-order valence-electron chi connectivity index (χ0n) is 16.6. The summed E-state index contributed by atoms with van der Waals surface area (Å²) in [5, 5.41) is 3.91. The first-order valence-electron chi connectivity index (χ1n) is 10.3. The van der Waals surface area contributed by atoms with E-state index < -0.39 is 6.36 Å². The maximum Gasteiger partial charge on any atom is 0.573 e. The van der Waals surface area contributed by atoms with E-state index in [4.69, 9.17) is 4.42 Å². The van der Waals surface area contributed by atoms with E-state index >= 15 is 0 Å². The van der Waals surface area contributed by atoms with Crippen LogP contribution in [0.1, 0.15) is 23.4 Å². The first-order valence-corrected chi connectivity index (χ1v) is 10.3. The Bertz CT molecular complexity index is 1100. The van der Waals surface area contributed by atoms with Crippen LogP contribution in [-0.4, -0.2) is 42.8 Å². The third kappa shape index (κ3) is 4.25. The molecule has 31 heavy (non-hydrogen) atoms. The number of carbonyl (C=O) groups excluding carboxylic acids is 1. The van der Waals surface area contributed by atoms with E-state index in [1.807, 2.05) is 12.1 Å². The normalized spacial score (nSPS) is 23.1. The van der Waals surface area contributed by atoms with Gasteiger partial charge in [0, 0.05) is 18.0 Å². The van der Waals surface area contributed by atoms with Crippen LogP contribution in [0.2, 0.25) is 0 Å². The Labute approximate surface area is 176 Å². The highest BCUT2D eigenvalue weighted by atomic mass is 19.4. The molecule has 3 fully saturated rings. The zero-order valence-corrected chi connectivity index (χ0v) is 16.6. The minimum absolute atomic E-state index is 0.149. The van der Waals surface area contributed by atoms with Gasteiger partial charge in [-0.1, -0.05) is 24.3 Å². The van der Waals surface area contributed by atoms with E-state index in [9.17, 15) is 18.0 Å². The third-order valence-corrected chi connectivity index (χ3v) is 6.14. The monoisotopic (exact) mass is 430 g/mol. The molecule has 3 aliphatic heterocycles. The van der Waals surface area contributed by atoms with E-state index in [2.05, 4.69) is 15.0 Å². The summed E-state index contributed by atoms with van der Waals surface area (Å²) in [4.78, 5) is 15.1. The molecule has 8 heteroatoms. The van der Waals surface area contributed by atoms with Gasteiger partial charge in [-0.3, -0.25) is 4.79 Å². The van der Waals surface area contributed by atoms with Gasteiger partial charge in [-0.25, -0.2) is 0 Å². The minimum Gasteiger partial charge on any atom is -0.451 e. The van der Waals surface area contributed by atoms with Crippen molar-refractivity contribution >= 4 is 16.9 Å². The smallest absolute Gasteiger partial charge is 0.451 e. The van der Waals surface area contributed by atoms with Crippen molar-refractivity contribution < 1.29 is 27.1 Å². The molecule has 162 valence electrons. The molecule has 5 nitrogen and oxygen atoms in total. The number of furan rings is 1. The largest absolute Gasteiger partial charge is 0.573 e. The number of nitrogens with zero attached hydrogens (tertiary/aromatic N) is 1. The summed E-state index contributed by atoms with van der Waals surface area (Å²) in [6.45, 7) is 3.09. The molecule has 2 bridgehead atoms. The van der Waals surface area contributed by atoms with Crippen molar-refractivity contribution in [2.75, 3.05) is 19.6 Å². The predicted octanol–water partition coefficient (Wildman–Crippen LogP) is 4.82. The molecule has 3 saturated heterocycles. The summed E-state index contributed by atoms with van der Waals surface area (Å²) in [7, 11) is 0. The van der Waals surface area contributed by atoms with Crippen LogP contribution < -0.4 is 10.1 Å². The number of alkyl halides is 3. The summed E-state index contributed by atoms with van der Waals surface area (Å²) in [6, 6.07) is 12.9. The number of piperidine rings is 3. The van der Waals surface area contributed by atoms with Crippen LogP contribution in [0.4, 0.5) is 13.2 Å². The molecular formula is C23H21F3N2O3. The molecule has 6 rings (SSSR count). The molecule has 1 unspecified atom stereocenters. The molecule has 0 aliphatic carbocycles. The number of amides is 1. The second-order valence-corrected chi connectivity index (χ2v) is 8.15. The van der Waals surface area contributed by atoms with Crippen molar-refractivity contribution in [2.24, 2.45) is 5.92 Å². The summed E-state index contributed by atoms with van der Waals surface area (Å²) in [5.74, 6) is 0.291. The second-order valence-electron chi connectivity index (χ2n) is 8.15. The first kappa shape index (κ1) is 19.9. The minimum atomic E-state index is -4.72. The van der Waals surface area contributed by atoms with Crippen LogP contribution in [0, 0.1) is 5.92 Å². The maximum atomic E-state index is 12.7. The number of hydrogen-bond donors (Lipinski definition) is 1. The average molecular weight is 430 g/mol. The SMILES string of the molecule is O=C(NC1CN2CCC1CC2)c1cc2ccc(-c3ccc(OC(F)(F)F)cc3)cc2o1. The molecule has 3 aliphatic rings. The molecule has 1 aromatic heterocycles. The highest BCUT2D eigenvalue weighted by molar-refractivity contribution is 5.97. The Morgan fingerprint density at radius 3 is 2.39 bits per heavy atom. The summed E-state index contributed by atoms with van der Waals surface area (Å²) in [5.41, 5.74) is 2.03. The van der Waals surface area contributed by atoms with Gasteiger partial charge in [-0.2, -0.15) is 0 Å². The molecular weight excluding hydrogens is 409 g/mol. The zero-order chi connectivity index (χ0) is 21.6. The fourth-order valence-corrected chi connectivity index (χ4v) is 4.54. The van der Waals surface area contributed by atoms with Gasteiger partial charge in [-0.05, 0) is 67.2 Å². The average Bonchev–Trinajstić information content (AvgIpc) is 3.18. The van der Waals surface area contributed by atoms with Crippen LogP contribution in [0.15, 0.2) is 52.9 Å². The highest BCUT2D eigenvalue weighted by Gasteiger charge is 2.35. The fraction of sp³-hybridized carbons (Fsp3) is 0.348. The summed E-state index contributed by atoms with van der Waals surface area (Å²) in [6.07, 6.45) is -2.50. The fourth-order valence-electron chi connectivity index (χ4n) is 4.54. The van der Waals surface area contributed by atoms with Gasteiger partial charge in [0.1, 0.15) is 11.3 Å². The number of fused-ring (bicyclic) bond motifs is 4. The van der Waals surface area contributed by atoms with E-state index in [1.54, 1.807) is 24.3 Å². The third-order valence-electron chi connectivity index (χ3n) is 6.14. The molecule has 2 aromatic carbocycles. The predicted molar refractivity (Wildman–Crippen MR) is 109 cm³/mol. The Kier molecular flexibility index (Phi) is 4.89. The Morgan fingerprint density at radius 2 is 1.74 bits per heavy atom. The highest BCUT2D eigenvalue weighted by Crippen LogP contribution is 2.31. The number of nitrogens with one attached hydrogen (secondary N) is 1. The molecule has 1 amide bonds. The van der Waals surface area contributed by atoms with Crippen molar-refractivity contribution in [3.05, 3.63) is 54.3 Å². The van der Waals surface area contributed by atoms with Crippen LogP contribution in [0.5, 0.6) is 5.75 Å². The van der Waals surface area contributed by atoms with E-state index in [0.717, 1.165) is 43.4 Å². The van der Waals surface area contributed by atoms with Gasteiger partial charge in [-0.15, -0.1) is 13.2 Å². The molecule has 1 atom stereocenters. The van der Waals surface area contributed by atoms with E-state index in [0.29, 0.717) is 17.1 Å². The van der Waals surface area contributed by atoms with Crippen LogP contribution in [-0.2, 0) is 0 Å². The first-order chi connectivity index (χ1) is 14.8. The number of carbonyl (C=O) groups is 1. The topological polar surface area (TPSA) is 54.7 Å². The van der Waals surface area contributed by atoms with Gasteiger partial charge < -0.3 is 19.4 Å². The lowest BCUT2D eigenvalue weighted by Crippen LogP contribution is -2.57. The van der Waals surface area contributed by atoms with E-state index in [1.165, 1.54) is 12.1 Å². The number of rotatable bonds is 4. The van der Waals surface area contributed by atoms with Crippen LogP contribution in [0.3, 0.4) is 0 Å². The van der Waals surface area contributed by atoms with E-state index in [-0.39, 0.29) is 23.5 Å². The molecule has 0 saturated carbocycles. The van der Waals surface area contributed by atoms with Gasteiger partial charge >= 0.3 is 6.36 Å². The molecule has 3 aromatic rings. The number of ether oxygens (including phenoxy) is 1. The van der Waals surface area contributed by atoms with Crippen LogP contribution >= 0.6 is 0 Å². The van der Waals surface area contributed by atoms with Gasteiger partial charge in [0.15, 0.2) is 5.76 Å². The number of hydrogen-bond acceptors (Lipinski definition) is 4. The lowest BCUT2D eigenvalue weighted by atomic mass is 9.84. The van der Waals surface area contributed by atoms with Crippen LogP contribution in [0.25, 0.3) is 22.1 Å². The van der Waals surface area contributed by atoms with Crippen molar-refractivity contribution in [3.63, 3.8) is 0 Å². The molecule has 1 N–H and O–H groups in total. The second kappa shape index (κ2) is 7.60. The van der Waals surface area contributed by atoms with Gasteiger partial charge in [0.25, 0.3) is 5.91 Å². The van der Waals surface area contributed by atoms with Crippen molar-refractivity contribution in [1.82, 2.24) is 10.2 Å². The summed E-state index contributed by atoms with van der Waals surface area (Å²) >= 11 is 0. The van der Waals surface area contributed by atoms with Gasteiger partial charge in [0.05, 0.1) is 0 Å². The standard InChI is InChI=1S/C23H21F3N2O3/c24-23(25,26)31-18-5-3-14(4-6-18)16-1-2-17-12-21(30-20(17)11-16)22(29)27-19-13-28-9-7-15(19)8-10-28/h1-6,11-12,15,19H,7-10,13H2,(H,27,29). The van der Waals surface area contributed by atoms with Crippen molar-refractivity contribution in [1.29, 1.82) is 0 Å². The van der Waals surface area contributed by atoms with Crippen molar-refractivity contribution in [3.8, 4) is 16.9 Å². The Hall–Kier alpha value is -3.00. The molecule has 0 radical (unpaired) electrons. The molecule has 0 spiro atoms. The van der Waals surface area contributed by atoms with Crippen molar-refractivity contribution in [2.45, 2.75) is 25.2 Å². The van der Waals surface area contributed by atoms with Gasteiger partial charge in [0.2, 0.25) is 0 Å². The lowest BCUT2D eigenvalue weighted by molar-refractivity contribution is -0.274. The maximum absolute atomic E-state index is 12.7. The lowest BCUT2D eigenvalue weighted by Gasteiger charge is -2.44.